The van der Waals surface area contributed by atoms with Crippen LogP contribution in [-0.4, -0.2) is 5.09 Å². The summed E-state index contributed by atoms with van der Waals surface area (Å²) in [4.78, 5) is 8.25. The van der Waals surface area contributed by atoms with Gasteiger partial charge in [-0.15, -0.1) is 0 Å². The molecule has 82 valence electrons. The van der Waals surface area contributed by atoms with E-state index < -0.39 is 5.09 Å². The van der Waals surface area contributed by atoms with Crippen LogP contribution in [0.5, 0.6) is 0 Å². The van der Waals surface area contributed by atoms with Gasteiger partial charge in [-0.25, -0.2) is 0 Å². The molecule has 0 atom stereocenters. The van der Waals surface area contributed by atoms with Crippen molar-refractivity contribution in [3.63, 3.8) is 0 Å². The minimum Gasteiger partial charge on any atom is -0.397 e. The maximum absolute atomic E-state index is 8.25. The number of anilines is 2. The molecule has 0 bridgehead atoms. The predicted molar refractivity (Wildman–Crippen MR) is 50.4 cm³/mol. The summed E-state index contributed by atoms with van der Waals surface area (Å²) >= 11 is 0. The van der Waals surface area contributed by atoms with Crippen molar-refractivity contribution in [2.24, 2.45) is 0 Å². The number of nitrogens with zero attached hydrogens (tertiary/aromatic N) is 1. The van der Waals surface area contributed by atoms with Crippen LogP contribution in [0.15, 0.2) is 18.2 Å². The van der Waals surface area contributed by atoms with E-state index >= 15 is 0 Å². The fraction of sp³-hybridized carbons (Fsp3) is 0.143. The van der Waals surface area contributed by atoms with Crippen molar-refractivity contribution in [1.82, 2.24) is 0 Å². The molecule has 0 unspecified atom stereocenters. The second-order valence-corrected chi connectivity index (χ2v) is 2.30. The van der Waals surface area contributed by atoms with Gasteiger partial charge < -0.3 is 26.8 Å². The van der Waals surface area contributed by atoms with Crippen molar-refractivity contribution in [2.45, 2.75) is 6.92 Å². The molecule has 1 rings (SSSR count). The summed E-state index contributed by atoms with van der Waals surface area (Å²) in [5, 5.41) is 14.8. The standard InChI is InChI=1S/C7H10N2.Ag.NO3/c1-5-3-2-4-6(8)7(5)9;;2-1(3)4/h2-4H,8-9H2,1H3;;/q;+1;-1. The summed E-state index contributed by atoms with van der Waals surface area (Å²) in [5.41, 5.74) is 13.4. The van der Waals surface area contributed by atoms with Gasteiger partial charge in [-0.3, -0.25) is 0 Å². The van der Waals surface area contributed by atoms with E-state index in [4.69, 9.17) is 26.8 Å². The molecule has 0 fully saturated rings. The van der Waals surface area contributed by atoms with Gasteiger partial charge in [0.05, 0.1) is 16.5 Å². The molecule has 1 aromatic rings. The van der Waals surface area contributed by atoms with E-state index in [1.807, 2.05) is 19.1 Å². The van der Waals surface area contributed by atoms with Crippen LogP contribution in [0.2, 0.25) is 0 Å². The zero-order valence-corrected chi connectivity index (χ0v) is 8.84. The van der Waals surface area contributed by atoms with Crippen LogP contribution in [-0.2, 0) is 22.4 Å². The van der Waals surface area contributed by atoms with Crippen LogP contribution < -0.4 is 11.5 Å². The number of para-hydroxylation sites is 1. The fourth-order valence-corrected chi connectivity index (χ4v) is 0.703. The van der Waals surface area contributed by atoms with E-state index in [1.54, 1.807) is 6.07 Å². The zero-order valence-electron chi connectivity index (χ0n) is 7.36. The minimum atomic E-state index is -1.75. The largest absolute Gasteiger partial charge is 1.00 e. The second-order valence-electron chi connectivity index (χ2n) is 2.30. The summed E-state index contributed by atoms with van der Waals surface area (Å²) < 4.78 is 0. The monoisotopic (exact) mass is 291 g/mol. The third-order valence-corrected chi connectivity index (χ3v) is 1.36. The van der Waals surface area contributed by atoms with Gasteiger partial charge in [-0.1, -0.05) is 12.1 Å². The van der Waals surface area contributed by atoms with Gasteiger partial charge in [-0.05, 0) is 18.6 Å². The van der Waals surface area contributed by atoms with Gasteiger partial charge in [0.2, 0.25) is 0 Å². The van der Waals surface area contributed by atoms with Gasteiger partial charge in [0.15, 0.2) is 0 Å². The van der Waals surface area contributed by atoms with Gasteiger partial charge in [0, 0.05) is 0 Å². The average molecular weight is 292 g/mol. The number of rotatable bonds is 0. The van der Waals surface area contributed by atoms with Gasteiger partial charge in [0.25, 0.3) is 0 Å². The summed E-state index contributed by atoms with van der Waals surface area (Å²) in [6.07, 6.45) is 0. The van der Waals surface area contributed by atoms with E-state index in [0.717, 1.165) is 5.56 Å². The molecule has 0 aromatic heterocycles. The molecule has 0 spiro atoms. The normalized spacial score (nSPS) is 7.79. The van der Waals surface area contributed by atoms with Crippen LogP contribution in [0.3, 0.4) is 0 Å². The van der Waals surface area contributed by atoms with Gasteiger partial charge in [-0.2, -0.15) is 0 Å². The smallest absolute Gasteiger partial charge is 0.397 e. The fourth-order valence-electron chi connectivity index (χ4n) is 0.703. The first-order chi connectivity index (χ1) is 5.95. The average Bonchev–Trinajstić information content (AvgIpc) is 1.99. The molecular weight excluding hydrogens is 282 g/mol. The molecule has 7 heteroatoms. The summed E-state index contributed by atoms with van der Waals surface area (Å²) in [7, 11) is 0. The quantitative estimate of drug-likeness (QED) is 0.319. The molecular formula is C7H10AgN3O3. The van der Waals surface area contributed by atoms with E-state index in [2.05, 4.69) is 0 Å². The number of benzene rings is 1. The van der Waals surface area contributed by atoms with E-state index in [0.29, 0.717) is 11.4 Å². The van der Waals surface area contributed by atoms with Crippen molar-refractivity contribution < 1.29 is 27.5 Å². The summed E-state index contributed by atoms with van der Waals surface area (Å²) in [6.45, 7) is 1.94. The minimum absolute atomic E-state index is 0. The molecule has 6 nitrogen and oxygen atoms in total. The number of aryl methyl sites for hydroxylation is 1. The van der Waals surface area contributed by atoms with Crippen LogP contribution in [0.4, 0.5) is 11.4 Å². The Hall–Kier alpha value is -1.24. The van der Waals surface area contributed by atoms with E-state index in [-0.39, 0.29) is 22.4 Å². The molecule has 4 N–H and O–H groups in total. The second kappa shape index (κ2) is 7.19. The molecule has 14 heavy (non-hydrogen) atoms. The van der Waals surface area contributed by atoms with Crippen LogP contribution in [0.25, 0.3) is 0 Å². The Balaban J connectivity index is 0. The Labute approximate surface area is 96.5 Å². The molecule has 0 aliphatic rings. The maximum atomic E-state index is 8.25. The number of hydrogen-bond donors (Lipinski definition) is 2. The summed E-state index contributed by atoms with van der Waals surface area (Å²) in [5.74, 6) is 0. The van der Waals surface area contributed by atoms with Crippen molar-refractivity contribution in [3.05, 3.63) is 39.1 Å². The number of hydrogen-bond acceptors (Lipinski definition) is 5. The van der Waals surface area contributed by atoms with Crippen LogP contribution >= 0.6 is 0 Å². The zero-order chi connectivity index (χ0) is 10.4. The molecule has 0 aliphatic carbocycles. The van der Waals surface area contributed by atoms with Crippen molar-refractivity contribution in [2.75, 3.05) is 11.5 Å². The van der Waals surface area contributed by atoms with Crippen molar-refractivity contribution in [1.29, 1.82) is 0 Å². The van der Waals surface area contributed by atoms with Crippen LogP contribution in [0.1, 0.15) is 5.56 Å². The first-order valence-electron chi connectivity index (χ1n) is 3.37. The third kappa shape index (κ3) is 6.30. The molecule has 0 aliphatic heterocycles. The van der Waals surface area contributed by atoms with Crippen LogP contribution in [0, 0.1) is 22.2 Å². The molecule has 0 saturated heterocycles. The first kappa shape index (κ1) is 15.2. The maximum Gasteiger partial charge on any atom is 1.00 e. The Morgan fingerprint density at radius 3 is 2.00 bits per heavy atom. The van der Waals surface area contributed by atoms with E-state index in [1.165, 1.54) is 0 Å². The molecule has 0 heterocycles. The molecule has 0 radical (unpaired) electrons. The van der Waals surface area contributed by atoms with Crippen molar-refractivity contribution in [3.8, 4) is 0 Å². The number of nitrogens with two attached hydrogens (primary N) is 2. The van der Waals surface area contributed by atoms with Gasteiger partial charge >= 0.3 is 22.4 Å². The molecule has 0 amide bonds. The van der Waals surface area contributed by atoms with E-state index in [9.17, 15) is 0 Å². The Morgan fingerprint density at radius 1 is 1.29 bits per heavy atom. The van der Waals surface area contributed by atoms with Crippen molar-refractivity contribution >= 4 is 11.4 Å². The summed E-state index contributed by atoms with van der Waals surface area (Å²) in [6, 6.07) is 5.62. The topological polar surface area (TPSA) is 118 Å². The number of nitrogen functional groups attached to an aromatic ring is 2. The SMILES string of the molecule is Cc1cccc(N)c1N.O=[N+]([O-])[O-].[Ag+]. The third-order valence-electron chi connectivity index (χ3n) is 1.36. The predicted octanol–water partition coefficient (Wildman–Crippen LogP) is 0.918. The van der Waals surface area contributed by atoms with Gasteiger partial charge in [0.1, 0.15) is 0 Å². The Morgan fingerprint density at radius 2 is 1.71 bits per heavy atom. The molecule has 1 aromatic carbocycles. The molecule has 0 saturated carbocycles. The first-order valence-corrected chi connectivity index (χ1v) is 3.37. The Kier molecular flexibility index (Phi) is 7.83. The Bertz CT molecular complexity index is 282.